The molecule has 2 aliphatic rings. The molecule has 0 amide bonds. The maximum absolute atomic E-state index is 6.22. The van der Waals surface area contributed by atoms with Crippen molar-refractivity contribution in [3.8, 4) is 11.6 Å². The number of aromatic nitrogens is 1. The Hall–Kier alpha value is -1.43. The van der Waals surface area contributed by atoms with E-state index in [1.807, 2.05) is 18.2 Å². The normalized spacial score (nSPS) is 22.6. The zero-order valence-corrected chi connectivity index (χ0v) is 15.1. The topological polar surface area (TPSA) is 43.4 Å². The molecule has 1 spiro atoms. The van der Waals surface area contributed by atoms with Crippen LogP contribution in [0.4, 0.5) is 0 Å². The predicted molar refractivity (Wildman–Crippen MR) is 96.6 cm³/mol. The SMILES string of the molecule is Brc1ccc(Oc2cccc([C@H]3COC4(CCNCC4)C3)c2)nc1. The van der Waals surface area contributed by atoms with Crippen molar-refractivity contribution in [2.45, 2.75) is 30.8 Å². The molecular formula is C19H21BrN2O2. The average molecular weight is 389 g/mol. The minimum Gasteiger partial charge on any atom is -0.439 e. The van der Waals surface area contributed by atoms with Gasteiger partial charge < -0.3 is 14.8 Å². The first kappa shape index (κ1) is 16.1. The summed E-state index contributed by atoms with van der Waals surface area (Å²) < 4.78 is 13.1. The van der Waals surface area contributed by atoms with Crippen molar-refractivity contribution in [1.82, 2.24) is 10.3 Å². The lowest BCUT2D eigenvalue weighted by Crippen LogP contribution is -2.41. The number of ether oxygens (including phenoxy) is 2. The van der Waals surface area contributed by atoms with Crippen LogP contribution in [0.3, 0.4) is 0 Å². The van der Waals surface area contributed by atoms with E-state index >= 15 is 0 Å². The summed E-state index contributed by atoms with van der Waals surface area (Å²) in [5.41, 5.74) is 1.38. The Morgan fingerprint density at radius 3 is 2.88 bits per heavy atom. The highest BCUT2D eigenvalue weighted by Crippen LogP contribution is 2.42. The second kappa shape index (κ2) is 6.82. The third kappa shape index (κ3) is 3.48. The zero-order chi connectivity index (χ0) is 16.4. The Morgan fingerprint density at radius 2 is 2.08 bits per heavy atom. The van der Waals surface area contributed by atoms with Gasteiger partial charge in [-0.1, -0.05) is 12.1 Å². The molecule has 2 aromatic rings. The Balaban J connectivity index is 1.47. The molecule has 2 fully saturated rings. The van der Waals surface area contributed by atoms with Gasteiger partial charge in [0.2, 0.25) is 5.88 Å². The van der Waals surface area contributed by atoms with E-state index in [2.05, 4.69) is 44.4 Å². The van der Waals surface area contributed by atoms with Gasteiger partial charge in [-0.25, -0.2) is 4.98 Å². The maximum Gasteiger partial charge on any atom is 0.219 e. The van der Waals surface area contributed by atoms with Crippen molar-refractivity contribution in [2.75, 3.05) is 19.7 Å². The van der Waals surface area contributed by atoms with Gasteiger partial charge in [-0.05, 0) is 72.0 Å². The quantitative estimate of drug-likeness (QED) is 0.852. The minimum atomic E-state index is 0.0834. The molecule has 4 nitrogen and oxygen atoms in total. The van der Waals surface area contributed by atoms with E-state index in [1.54, 1.807) is 6.20 Å². The lowest BCUT2D eigenvalue weighted by Gasteiger charge is -2.33. The van der Waals surface area contributed by atoms with Gasteiger partial charge in [0.15, 0.2) is 0 Å². The third-order valence-electron chi connectivity index (χ3n) is 4.98. The van der Waals surface area contributed by atoms with Crippen LogP contribution in [0.5, 0.6) is 11.6 Å². The number of pyridine rings is 1. The summed E-state index contributed by atoms with van der Waals surface area (Å²) in [6.07, 6.45) is 5.07. The molecule has 5 heteroatoms. The monoisotopic (exact) mass is 388 g/mol. The number of hydrogen-bond acceptors (Lipinski definition) is 4. The summed E-state index contributed by atoms with van der Waals surface area (Å²) in [4.78, 5) is 4.27. The van der Waals surface area contributed by atoms with Gasteiger partial charge in [-0.15, -0.1) is 0 Å². The van der Waals surface area contributed by atoms with Gasteiger partial charge >= 0.3 is 0 Å². The molecule has 1 atom stereocenters. The van der Waals surface area contributed by atoms with Gasteiger partial charge in [0, 0.05) is 22.7 Å². The molecule has 0 radical (unpaired) electrons. The fourth-order valence-electron chi connectivity index (χ4n) is 3.66. The molecule has 0 aliphatic carbocycles. The molecule has 4 rings (SSSR count). The summed E-state index contributed by atoms with van der Waals surface area (Å²) in [5, 5.41) is 3.42. The molecule has 1 aromatic heterocycles. The van der Waals surface area contributed by atoms with Crippen LogP contribution in [0.1, 0.15) is 30.7 Å². The van der Waals surface area contributed by atoms with Crippen LogP contribution in [0, 0.1) is 0 Å². The van der Waals surface area contributed by atoms with E-state index in [4.69, 9.17) is 9.47 Å². The Labute approximate surface area is 150 Å². The summed E-state index contributed by atoms with van der Waals surface area (Å²) >= 11 is 3.39. The molecule has 0 unspecified atom stereocenters. The second-order valence-corrected chi connectivity index (χ2v) is 7.55. The molecule has 2 saturated heterocycles. The van der Waals surface area contributed by atoms with E-state index < -0.39 is 0 Å². The van der Waals surface area contributed by atoms with Crippen molar-refractivity contribution in [1.29, 1.82) is 0 Å². The first-order valence-electron chi connectivity index (χ1n) is 8.47. The molecule has 3 heterocycles. The largest absolute Gasteiger partial charge is 0.439 e. The number of benzene rings is 1. The molecule has 126 valence electrons. The molecule has 0 saturated carbocycles. The van der Waals surface area contributed by atoms with Gasteiger partial charge in [0.1, 0.15) is 5.75 Å². The van der Waals surface area contributed by atoms with Gasteiger partial charge in [0.05, 0.1) is 12.2 Å². The van der Waals surface area contributed by atoms with Gasteiger partial charge in [-0.3, -0.25) is 0 Å². The van der Waals surface area contributed by atoms with Crippen molar-refractivity contribution in [2.24, 2.45) is 0 Å². The van der Waals surface area contributed by atoms with Crippen LogP contribution in [0.2, 0.25) is 0 Å². The smallest absolute Gasteiger partial charge is 0.219 e. The summed E-state index contributed by atoms with van der Waals surface area (Å²) in [6.45, 7) is 2.93. The highest BCUT2D eigenvalue weighted by atomic mass is 79.9. The van der Waals surface area contributed by atoms with Gasteiger partial charge in [0.25, 0.3) is 0 Å². The molecule has 0 bridgehead atoms. The maximum atomic E-state index is 6.22. The van der Waals surface area contributed by atoms with Crippen LogP contribution in [0.15, 0.2) is 47.1 Å². The van der Waals surface area contributed by atoms with E-state index in [0.717, 1.165) is 49.2 Å². The van der Waals surface area contributed by atoms with Crippen LogP contribution < -0.4 is 10.1 Å². The molecule has 24 heavy (non-hydrogen) atoms. The highest BCUT2D eigenvalue weighted by molar-refractivity contribution is 9.10. The van der Waals surface area contributed by atoms with Gasteiger partial charge in [-0.2, -0.15) is 0 Å². The van der Waals surface area contributed by atoms with Crippen LogP contribution in [0.25, 0.3) is 0 Å². The molecular weight excluding hydrogens is 368 g/mol. The van der Waals surface area contributed by atoms with E-state index in [1.165, 1.54) is 5.56 Å². The Bertz CT molecular complexity index is 699. The van der Waals surface area contributed by atoms with Crippen molar-refractivity contribution >= 4 is 15.9 Å². The third-order valence-corrected chi connectivity index (χ3v) is 5.45. The summed E-state index contributed by atoms with van der Waals surface area (Å²) in [6, 6.07) is 12.1. The molecule has 1 N–H and O–H groups in total. The summed E-state index contributed by atoms with van der Waals surface area (Å²) in [5.74, 6) is 1.88. The van der Waals surface area contributed by atoms with Crippen LogP contribution >= 0.6 is 15.9 Å². The lowest BCUT2D eigenvalue weighted by molar-refractivity contribution is -0.0193. The molecule has 2 aliphatic heterocycles. The van der Waals surface area contributed by atoms with E-state index in [0.29, 0.717) is 11.8 Å². The fraction of sp³-hybridized carbons (Fsp3) is 0.421. The fourth-order valence-corrected chi connectivity index (χ4v) is 3.90. The molecule has 1 aromatic carbocycles. The van der Waals surface area contributed by atoms with Crippen molar-refractivity contribution < 1.29 is 9.47 Å². The number of rotatable bonds is 3. The van der Waals surface area contributed by atoms with Crippen molar-refractivity contribution in [3.63, 3.8) is 0 Å². The standard InChI is InChI=1S/C19H21BrN2O2/c20-16-4-5-18(22-12-16)24-17-3-1-2-14(10-17)15-11-19(23-13-15)6-8-21-9-7-19/h1-5,10,12,15,21H,6-9,11,13H2/t15-/m1/s1. The zero-order valence-electron chi connectivity index (χ0n) is 13.5. The minimum absolute atomic E-state index is 0.0834. The van der Waals surface area contributed by atoms with E-state index in [9.17, 15) is 0 Å². The Kier molecular flexibility index (Phi) is 4.57. The predicted octanol–water partition coefficient (Wildman–Crippen LogP) is 4.26. The van der Waals surface area contributed by atoms with Crippen LogP contribution in [-0.4, -0.2) is 30.3 Å². The number of piperidine rings is 1. The second-order valence-electron chi connectivity index (χ2n) is 6.63. The first-order chi connectivity index (χ1) is 11.7. The number of hydrogen-bond donors (Lipinski definition) is 1. The Morgan fingerprint density at radius 1 is 1.21 bits per heavy atom. The van der Waals surface area contributed by atoms with E-state index in [-0.39, 0.29) is 5.60 Å². The van der Waals surface area contributed by atoms with Crippen LogP contribution in [-0.2, 0) is 4.74 Å². The number of nitrogens with zero attached hydrogens (tertiary/aromatic N) is 1. The number of nitrogens with one attached hydrogen (secondary N) is 1. The van der Waals surface area contributed by atoms with Crippen molar-refractivity contribution in [3.05, 3.63) is 52.6 Å². The summed E-state index contributed by atoms with van der Waals surface area (Å²) in [7, 11) is 0. The average Bonchev–Trinajstić information content (AvgIpc) is 3.01. The highest BCUT2D eigenvalue weighted by Gasteiger charge is 2.41. The first-order valence-corrected chi connectivity index (χ1v) is 9.26. The lowest BCUT2D eigenvalue weighted by atomic mass is 9.84. The number of halogens is 1.